The van der Waals surface area contributed by atoms with Crippen molar-refractivity contribution in [1.82, 2.24) is 9.55 Å². The van der Waals surface area contributed by atoms with Crippen LogP contribution in [0, 0.1) is 0 Å². The Bertz CT molecular complexity index is 708. The molecule has 2 aromatic rings. The minimum atomic E-state index is -4.98. The van der Waals surface area contributed by atoms with E-state index in [1.807, 2.05) is 0 Å². The van der Waals surface area contributed by atoms with Crippen molar-refractivity contribution >= 4 is 21.8 Å². The van der Waals surface area contributed by atoms with Crippen LogP contribution in [0.1, 0.15) is 5.56 Å². The molecule has 110 valence electrons. The van der Waals surface area contributed by atoms with E-state index in [4.69, 9.17) is 0 Å². The standard InChI is InChI=1S/C13H9BrF3N3O/c14-10-5-4-9(7-18-10)8-20-6-2-1-3-11(20)19-12(21)13(15,16)17/h1-7H,8H2/b19-11-. The first kappa shape index (κ1) is 15.4. The van der Waals surface area contributed by atoms with Crippen LogP contribution in [-0.2, 0) is 11.3 Å². The molecule has 0 unspecified atom stereocenters. The van der Waals surface area contributed by atoms with E-state index in [0.717, 1.165) is 5.56 Å². The van der Waals surface area contributed by atoms with Crippen molar-refractivity contribution in [2.24, 2.45) is 4.99 Å². The van der Waals surface area contributed by atoms with E-state index in [2.05, 4.69) is 25.9 Å². The number of aromatic nitrogens is 2. The molecular formula is C13H9BrF3N3O. The lowest BCUT2D eigenvalue weighted by atomic mass is 10.3. The number of carbonyl (C=O) groups is 1. The minimum Gasteiger partial charge on any atom is -0.328 e. The van der Waals surface area contributed by atoms with Crippen LogP contribution in [0.25, 0.3) is 0 Å². The molecule has 0 aliphatic heterocycles. The molecule has 0 spiro atoms. The average molecular weight is 360 g/mol. The monoisotopic (exact) mass is 359 g/mol. The second kappa shape index (κ2) is 6.21. The van der Waals surface area contributed by atoms with Crippen molar-refractivity contribution in [1.29, 1.82) is 0 Å². The highest BCUT2D eigenvalue weighted by Crippen LogP contribution is 2.15. The molecule has 0 aliphatic carbocycles. The summed E-state index contributed by atoms with van der Waals surface area (Å²) in [4.78, 5) is 18.1. The largest absolute Gasteiger partial charge is 0.473 e. The van der Waals surface area contributed by atoms with Gasteiger partial charge in [-0.2, -0.15) is 18.2 Å². The quantitative estimate of drug-likeness (QED) is 0.774. The van der Waals surface area contributed by atoms with E-state index in [9.17, 15) is 18.0 Å². The van der Waals surface area contributed by atoms with Crippen molar-refractivity contribution in [3.63, 3.8) is 0 Å². The highest BCUT2D eigenvalue weighted by molar-refractivity contribution is 9.10. The highest BCUT2D eigenvalue weighted by atomic mass is 79.9. The Morgan fingerprint density at radius 2 is 2.05 bits per heavy atom. The van der Waals surface area contributed by atoms with Crippen LogP contribution < -0.4 is 5.49 Å². The summed E-state index contributed by atoms with van der Waals surface area (Å²) in [6, 6.07) is 7.99. The van der Waals surface area contributed by atoms with Gasteiger partial charge in [-0.1, -0.05) is 12.1 Å². The predicted octanol–water partition coefficient (Wildman–Crippen LogP) is 2.68. The summed E-state index contributed by atoms with van der Waals surface area (Å²) in [7, 11) is 0. The lowest BCUT2D eigenvalue weighted by Gasteiger charge is -2.07. The van der Waals surface area contributed by atoms with Crippen LogP contribution in [0.2, 0.25) is 0 Å². The van der Waals surface area contributed by atoms with Gasteiger partial charge in [-0.3, -0.25) is 4.79 Å². The Kier molecular flexibility index (Phi) is 4.56. The smallest absolute Gasteiger partial charge is 0.328 e. The Hall–Kier alpha value is -1.96. The fraction of sp³-hybridized carbons (Fsp3) is 0.154. The van der Waals surface area contributed by atoms with Gasteiger partial charge in [0.2, 0.25) is 0 Å². The SMILES string of the molecule is O=C(/N=c1/ccccn1Cc1ccc(Br)nc1)C(F)(F)F. The molecule has 0 aromatic carbocycles. The molecule has 0 radical (unpaired) electrons. The van der Waals surface area contributed by atoms with Gasteiger partial charge in [0.15, 0.2) is 0 Å². The van der Waals surface area contributed by atoms with Gasteiger partial charge in [0, 0.05) is 12.4 Å². The van der Waals surface area contributed by atoms with E-state index in [1.165, 1.54) is 16.7 Å². The van der Waals surface area contributed by atoms with Gasteiger partial charge in [0.1, 0.15) is 10.1 Å². The maximum atomic E-state index is 12.3. The summed E-state index contributed by atoms with van der Waals surface area (Å²) in [5, 5.41) is 0. The molecule has 0 aliphatic rings. The van der Waals surface area contributed by atoms with Gasteiger partial charge in [0.25, 0.3) is 0 Å². The summed E-state index contributed by atoms with van der Waals surface area (Å²) < 4.78 is 38.9. The fourth-order valence-electron chi connectivity index (χ4n) is 1.57. The summed E-state index contributed by atoms with van der Waals surface area (Å²) in [6.45, 7) is 0.255. The molecule has 8 heteroatoms. The van der Waals surface area contributed by atoms with E-state index >= 15 is 0 Å². The van der Waals surface area contributed by atoms with Crippen LogP contribution in [0.5, 0.6) is 0 Å². The number of halogens is 4. The number of amides is 1. The second-order valence-corrected chi connectivity index (χ2v) is 4.90. The zero-order valence-electron chi connectivity index (χ0n) is 10.5. The van der Waals surface area contributed by atoms with Crippen molar-refractivity contribution in [3.05, 3.63) is 58.4 Å². The highest BCUT2D eigenvalue weighted by Gasteiger charge is 2.38. The van der Waals surface area contributed by atoms with Crippen molar-refractivity contribution in [3.8, 4) is 0 Å². The normalized spacial score (nSPS) is 12.5. The first-order valence-electron chi connectivity index (χ1n) is 5.78. The van der Waals surface area contributed by atoms with Crippen LogP contribution in [0.4, 0.5) is 13.2 Å². The van der Waals surface area contributed by atoms with Gasteiger partial charge < -0.3 is 4.57 Å². The molecule has 1 amide bonds. The van der Waals surface area contributed by atoms with Gasteiger partial charge in [-0.25, -0.2) is 4.98 Å². The molecular weight excluding hydrogens is 351 g/mol. The van der Waals surface area contributed by atoms with Crippen molar-refractivity contribution in [2.75, 3.05) is 0 Å². The second-order valence-electron chi connectivity index (χ2n) is 4.09. The Morgan fingerprint density at radius 3 is 2.67 bits per heavy atom. The molecule has 2 heterocycles. The van der Waals surface area contributed by atoms with Gasteiger partial charge in [-0.15, -0.1) is 0 Å². The number of rotatable bonds is 2. The third-order valence-corrected chi connectivity index (χ3v) is 2.99. The average Bonchev–Trinajstić information content (AvgIpc) is 2.42. The predicted molar refractivity (Wildman–Crippen MR) is 72.1 cm³/mol. The Labute approximate surface area is 126 Å². The third-order valence-electron chi connectivity index (χ3n) is 2.52. The van der Waals surface area contributed by atoms with E-state index in [1.54, 1.807) is 30.6 Å². The molecule has 0 bridgehead atoms. The fourth-order valence-corrected chi connectivity index (χ4v) is 1.80. The maximum absolute atomic E-state index is 12.3. The minimum absolute atomic E-state index is 0.0669. The molecule has 21 heavy (non-hydrogen) atoms. The van der Waals surface area contributed by atoms with Gasteiger partial charge in [0.05, 0.1) is 6.54 Å². The number of nitrogens with zero attached hydrogens (tertiary/aromatic N) is 3. The lowest BCUT2D eigenvalue weighted by molar-refractivity contribution is -0.169. The van der Waals surface area contributed by atoms with Crippen LogP contribution in [0.3, 0.4) is 0 Å². The molecule has 2 aromatic heterocycles. The van der Waals surface area contributed by atoms with Gasteiger partial charge >= 0.3 is 12.1 Å². The lowest BCUT2D eigenvalue weighted by Crippen LogP contribution is -2.27. The maximum Gasteiger partial charge on any atom is 0.473 e. The number of carbonyl (C=O) groups excluding carboxylic acids is 1. The topological polar surface area (TPSA) is 47.2 Å². The third kappa shape index (κ3) is 4.25. The van der Waals surface area contributed by atoms with E-state index in [-0.39, 0.29) is 12.0 Å². The van der Waals surface area contributed by atoms with Gasteiger partial charge in [-0.05, 0) is 39.7 Å². The molecule has 0 saturated heterocycles. The summed E-state index contributed by atoms with van der Waals surface area (Å²) in [5.74, 6) is -2.13. The molecule has 0 fully saturated rings. The van der Waals surface area contributed by atoms with Crippen molar-refractivity contribution in [2.45, 2.75) is 12.7 Å². The zero-order valence-corrected chi connectivity index (χ0v) is 12.1. The first-order valence-corrected chi connectivity index (χ1v) is 6.57. The molecule has 0 saturated carbocycles. The van der Waals surface area contributed by atoms with Crippen LogP contribution in [-0.4, -0.2) is 21.6 Å². The number of alkyl halides is 3. The first-order chi connectivity index (χ1) is 9.86. The number of hydrogen-bond donors (Lipinski definition) is 0. The van der Waals surface area contributed by atoms with E-state index in [0.29, 0.717) is 4.60 Å². The number of pyridine rings is 2. The molecule has 4 nitrogen and oxygen atoms in total. The molecule has 0 atom stereocenters. The number of hydrogen-bond acceptors (Lipinski definition) is 2. The summed E-state index contributed by atoms with van der Waals surface area (Å²) in [6.07, 6.45) is -1.85. The Morgan fingerprint density at radius 1 is 1.29 bits per heavy atom. The van der Waals surface area contributed by atoms with E-state index < -0.39 is 12.1 Å². The van der Waals surface area contributed by atoms with Crippen LogP contribution in [0.15, 0.2) is 52.3 Å². The molecule has 0 N–H and O–H groups in total. The summed E-state index contributed by atoms with van der Waals surface area (Å²) in [5.41, 5.74) is 0.702. The molecule has 2 rings (SSSR count). The van der Waals surface area contributed by atoms with Crippen LogP contribution >= 0.6 is 15.9 Å². The Balaban J connectivity index is 2.35. The zero-order chi connectivity index (χ0) is 15.5. The van der Waals surface area contributed by atoms with Crippen molar-refractivity contribution < 1.29 is 18.0 Å². The summed E-state index contributed by atoms with van der Waals surface area (Å²) >= 11 is 3.19.